The summed E-state index contributed by atoms with van der Waals surface area (Å²) >= 11 is 0. The Balaban J connectivity index is 1.16. The molecule has 0 unspecified atom stereocenters. The van der Waals surface area contributed by atoms with E-state index in [1.54, 1.807) is 34.1 Å². The third kappa shape index (κ3) is 14.3. The summed E-state index contributed by atoms with van der Waals surface area (Å²) in [6, 6.07) is 17.5. The molecule has 3 saturated heterocycles. The number of halogens is 9. The van der Waals surface area contributed by atoms with Gasteiger partial charge in [0, 0.05) is 35.3 Å². The number of phosphoric ester groups is 1. The van der Waals surface area contributed by atoms with Gasteiger partial charge in [0.05, 0.1) is 74.8 Å². The van der Waals surface area contributed by atoms with Crippen LogP contribution in [0.1, 0.15) is 52.1 Å². The normalized spacial score (nSPS) is 18.1. The van der Waals surface area contributed by atoms with E-state index >= 15 is 17.7 Å². The van der Waals surface area contributed by atoms with Gasteiger partial charge in [0.1, 0.15) is 38.3 Å². The summed E-state index contributed by atoms with van der Waals surface area (Å²) in [6.45, 7) is -5.57. The molecule has 3 aromatic heterocycles. The molecule has 6 heterocycles. The smallest absolute Gasteiger partial charge is 0.379 e. The Labute approximate surface area is 483 Å². The Kier molecular flexibility index (Phi) is 19.7. The van der Waals surface area contributed by atoms with Gasteiger partial charge >= 0.3 is 27.1 Å². The number of pyridine rings is 3. The van der Waals surface area contributed by atoms with Crippen molar-refractivity contribution in [2.75, 3.05) is 59.7 Å². The molecule has 458 valence electrons. The Morgan fingerprint density at radius 2 is 0.663 bits per heavy atom. The molecule has 6 atom stereocenters. The molecule has 19 nitrogen and oxygen atoms in total. The van der Waals surface area contributed by atoms with E-state index in [-0.39, 0.29) is 73.4 Å². The molecule has 0 aliphatic carbocycles. The minimum atomic E-state index is -6.20. The molecule has 6 N–H and O–H groups in total. The maximum atomic E-state index is 16.2. The highest BCUT2D eigenvalue weighted by atomic mass is 31.2. The lowest BCUT2D eigenvalue weighted by Crippen LogP contribution is -2.47. The zero-order valence-corrected chi connectivity index (χ0v) is 45.7. The summed E-state index contributed by atoms with van der Waals surface area (Å²) in [5.74, 6) is -6.28. The van der Waals surface area contributed by atoms with Crippen LogP contribution in [0.15, 0.2) is 128 Å². The lowest BCUT2D eigenvalue weighted by Gasteiger charge is -2.36. The second kappa shape index (κ2) is 26.8. The number of carbonyl (C=O) groups is 3. The van der Waals surface area contributed by atoms with Gasteiger partial charge in [-0.2, -0.15) is 26.3 Å². The average molecular weight is 1230 g/mol. The number of aromatic nitrogens is 3. The number of alkyl halides is 9. The van der Waals surface area contributed by atoms with Gasteiger partial charge in [-0.05, 0) is 51.6 Å². The highest BCUT2D eigenvalue weighted by Crippen LogP contribution is 2.60. The molecule has 86 heavy (non-hydrogen) atoms. The summed E-state index contributed by atoms with van der Waals surface area (Å²) in [5, 5.41) is 37.4. The maximum Gasteiger partial charge on any atom is 0.476 e. The van der Waals surface area contributed by atoms with Crippen molar-refractivity contribution in [3.05, 3.63) is 162 Å². The first-order valence-electron chi connectivity index (χ1n) is 26.3. The average Bonchev–Trinajstić information content (AvgIpc) is 3.69. The number of carbonyl (C=O) groups excluding carboxylic acids is 3. The molecule has 0 saturated carbocycles. The van der Waals surface area contributed by atoms with Gasteiger partial charge in [-0.3, -0.25) is 42.9 Å². The molecule has 0 radical (unpaired) electrons. The molecular formula is C57H54F9N6O13P. The Morgan fingerprint density at radius 3 is 0.837 bits per heavy atom. The van der Waals surface area contributed by atoms with E-state index in [2.05, 4.69) is 15.0 Å². The first kappa shape index (κ1) is 63.3. The highest BCUT2D eigenvalue weighted by Gasteiger charge is 2.47. The molecular weight excluding hydrogens is 1180 g/mol. The van der Waals surface area contributed by atoms with Crippen LogP contribution in [0.4, 0.5) is 39.5 Å². The monoisotopic (exact) mass is 1230 g/mol. The largest absolute Gasteiger partial charge is 0.476 e. The maximum absolute atomic E-state index is 16.2. The van der Waals surface area contributed by atoms with Crippen LogP contribution in [0.5, 0.6) is 0 Å². The SMILES string of the molecule is O=C(N[C@H](CF)[C@H](OP(=O)(O[C@H](c1ccc(-c2ccc(C3(O)COC3)nc2)cc1)[C@@H](CF)NC(=O)C(F)F)O[C@H](c1ccc(-c2ccc(C3(O)COC3)nc2)cc1)[C@@H](CF)NC(=O)C(F)F)c1ccc(-c2ccc(C3(O)COC3)nc2)cc1)C(F)F. The Hall–Kier alpha value is -7.24. The Bertz CT molecular complexity index is 2990. The molecule has 3 amide bonds. The van der Waals surface area contributed by atoms with Crippen molar-refractivity contribution in [2.24, 2.45) is 0 Å². The van der Waals surface area contributed by atoms with Crippen molar-refractivity contribution in [3.8, 4) is 33.4 Å². The molecule has 0 bridgehead atoms. The predicted molar refractivity (Wildman–Crippen MR) is 284 cm³/mol. The fraction of sp³-hybridized carbons (Fsp3) is 0.368. The Morgan fingerprint density at radius 1 is 0.430 bits per heavy atom. The quantitative estimate of drug-likeness (QED) is 0.0217. The zero-order valence-electron chi connectivity index (χ0n) is 44.8. The van der Waals surface area contributed by atoms with E-state index in [4.69, 9.17) is 27.8 Å². The fourth-order valence-corrected chi connectivity index (χ4v) is 11.1. The number of hydrogen-bond donors (Lipinski definition) is 6. The minimum Gasteiger partial charge on any atom is -0.379 e. The molecule has 0 spiro atoms. The van der Waals surface area contributed by atoms with Crippen LogP contribution < -0.4 is 16.0 Å². The van der Waals surface area contributed by atoms with Crippen molar-refractivity contribution in [1.29, 1.82) is 0 Å². The minimum absolute atomic E-state index is 0.0177. The van der Waals surface area contributed by atoms with E-state index in [1.807, 2.05) is 0 Å². The van der Waals surface area contributed by atoms with E-state index in [0.29, 0.717) is 33.4 Å². The summed E-state index contributed by atoms with van der Waals surface area (Å²) in [6.07, 6.45) is -14.3. The second-order valence-electron chi connectivity index (χ2n) is 20.5. The number of amides is 3. The standard InChI is InChI=1S/C57H54F9N6O13P/c58-19-40(70-52(73)49(61)62)46(34-7-1-31(2-8-34)37-13-16-43(67-22-37)55(76)25-80-26-55)83-86(79,84-47(41(20-59)71-53(74)50(63)64)35-9-3-32(4-10-35)38-14-17-44(68-23-38)56(77)27-81-28-56)85-48(42(21-60)72-54(75)51(65)66)36-11-5-33(6-12-36)39-15-18-45(69-24-39)57(78)29-82-30-57/h1-18,22-24,40-42,46-51,76-78H,19-21,25-30H2,(H,70,73)(H,71,74)(H,72,75)/t40-,41-,42-,46-,47-,48-/m1/s1. The number of nitrogens with one attached hydrogen (secondary N) is 3. The summed E-state index contributed by atoms with van der Waals surface area (Å²) in [5.41, 5.74) is -1.88. The van der Waals surface area contributed by atoms with Crippen LogP contribution >= 0.6 is 7.82 Å². The third-order valence-corrected chi connectivity index (χ3v) is 15.8. The van der Waals surface area contributed by atoms with Crippen LogP contribution in [0, 0.1) is 0 Å². The number of nitrogens with zero attached hydrogens (tertiary/aromatic N) is 3. The van der Waals surface area contributed by atoms with Crippen LogP contribution in [0.25, 0.3) is 33.4 Å². The molecule has 6 aromatic rings. The number of ether oxygens (including phenoxy) is 3. The summed E-state index contributed by atoms with van der Waals surface area (Å²) in [4.78, 5) is 51.1. The van der Waals surface area contributed by atoms with E-state index in [1.165, 1.54) is 110 Å². The summed E-state index contributed by atoms with van der Waals surface area (Å²) in [7, 11) is -6.20. The number of hydrogen-bond acceptors (Lipinski definition) is 16. The van der Waals surface area contributed by atoms with Crippen molar-refractivity contribution >= 4 is 25.5 Å². The number of aliphatic hydroxyl groups is 3. The van der Waals surface area contributed by atoms with Gasteiger partial charge in [-0.1, -0.05) is 91.0 Å². The van der Waals surface area contributed by atoms with Crippen molar-refractivity contribution in [2.45, 2.75) is 72.5 Å². The number of phosphoric acid groups is 1. The number of rotatable bonds is 27. The lowest BCUT2D eigenvalue weighted by molar-refractivity contribution is -0.186. The fourth-order valence-electron chi connectivity index (χ4n) is 9.36. The molecule has 3 aliphatic rings. The predicted octanol–water partition coefficient (Wildman–Crippen LogP) is 7.37. The molecule has 9 rings (SSSR count). The zero-order chi connectivity index (χ0) is 61.6. The number of benzene rings is 3. The lowest BCUT2D eigenvalue weighted by atomic mass is 9.95. The van der Waals surface area contributed by atoms with Crippen molar-refractivity contribution < 1.29 is 102 Å². The van der Waals surface area contributed by atoms with Gasteiger partial charge in [-0.15, -0.1) is 0 Å². The highest BCUT2D eigenvalue weighted by molar-refractivity contribution is 7.48. The van der Waals surface area contributed by atoms with E-state index < -0.39 is 118 Å². The second-order valence-corrected chi connectivity index (χ2v) is 22.0. The van der Waals surface area contributed by atoms with Gasteiger partial charge in [0.25, 0.3) is 17.7 Å². The van der Waals surface area contributed by atoms with E-state index in [0.717, 1.165) is 0 Å². The first-order chi connectivity index (χ1) is 41.1. The van der Waals surface area contributed by atoms with Crippen LogP contribution in [0.2, 0.25) is 0 Å². The first-order valence-corrected chi connectivity index (χ1v) is 27.7. The summed E-state index contributed by atoms with van der Waals surface area (Å²) < 4.78 is 181. The van der Waals surface area contributed by atoms with Crippen LogP contribution in [-0.4, -0.2) is 145 Å². The van der Waals surface area contributed by atoms with Gasteiger partial charge in [0.15, 0.2) is 16.8 Å². The van der Waals surface area contributed by atoms with Crippen molar-refractivity contribution in [3.63, 3.8) is 0 Å². The van der Waals surface area contributed by atoms with Crippen LogP contribution in [0.3, 0.4) is 0 Å². The van der Waals surface area contributed by atoms with Crippen LogP contribution in [-0.2, 0) is 63.5 Å². The molecule has 3 aliphatic heterocycles. The molecule has 3 fully saturated rings. The molecule has 29 heteroatoms. The van der Waals surface area contributed by atoms with E-state index in [9.17, 15) is 56.0 Å². The van der Waals surface area contributed by atoms with Gasteiger partial charge in [0.2, 0.25) is 0 Å². The van der Waals surface area contributed by atoms with Gasteiger partial charge in [-0.25, -0.2) is 17.7 Å². The topological polar surface area (TPSA) is 259 Å². The third-order valence-electron chi connectivity index (χ3n) is 14.4. The van der Waals surface area contributed by atoms with Gasteiger partial charge < -0.3 is 45.5 Å². The van der Waals surface area contributed by atoms with Crippen molar-refractivity contribution in [1.82, 2.24) is 30.9 Å². The molecule has 3 aromatic carbocycles.